The molecular weight excluding hydrogens is 279 g/mol. The molecule has 0 spiro atoms. The zero-order valence-corrected chi connectivity index (χ0v) is 13.2. The molecule has 2 heteroatoms. The number of unbranched alkanes of at least 4 members (excludes halogenated alkanes) is 1. The standard InChI is InChI=1S/C9H15O.3CH3.Sn/c1-4-6-7-9(5-2)8(3)10;;;;/h9H,2,4,6-7H2,1,3H3;3*1H3;. The van der Waals surface area contributed by atoms with Crippen molar-refractivity contribution >= 4 is 24.2 Å². The topological polar surface area (TPSA) is 17.1 Å². The molecule has 0 amide bonds. The molecule has 0 radical (unpaired) electrons. The predicted octanol–water partition coefficient (Wildman–Crippen LogP) is 3.82. The Balaban J connectivity index is 4.50. The third kappa shape index (κ3) is 4.63. The van der Waals surface area contributed by atoms with Crippen molar-refractivity contribution in [3.63, 3.8) is 0 Å². The van der Waals surface area contributed by atoms with Crippen LogP contribution in [0.5, 0.6) is 0 Å². The first-order valence-corrected chi connectivity index (χ1v) is 15.5. The fraction of sp³-hybridized carbons (Fsp3) is 0.750. The molecule has 0 aromatic carbocycles. The minimum absolute atomic E-state index is 0.158. The molecule has 0 N–H and O–H groups in total. The van der Waals surface area contributed by atoms with Crippen LogP contribution < -0.4 is 0 Å². The van der Waals surface area contributed by atoms with Gasteiger partial charge in [0.05, 0.1) is 0 Å². The number of ketones is 1. The van der Waals surface area contributed by atoms with Gasteiger partial charge in [0.1, 0.15) is 0 Å². The van der Waals surface area contributed by atoms with Gasteiger partial charge < -0.3 is 0 Å². The number of carbonyl (C=O) groups excluding carboxylic acids is 1. The molecule has 1 unspecified atom stereocenters. The van der Waals surface area contributed by atoms with Crippen LogP contribution in [0.4, 0.5) is 0 Å². The van der Waals surface area contributed by atoms with Crippen molar-refractivity contribution in [3.05, 3.63) is 10.2 Å². The first-order chi connectivity index (χ1) is 6.30. The summed E-state index contributed by atoms with van der Waals surface area (Å²) in [6, 6.07) is 0. The van der Waals surface area contributed by atoms with E-state index in [-0.39, 0.29) is 5.92 Å². The number of carbonyl (C=O) groups is 1. The second-order valence-corrected chi connectivity index (χ2v) is 19.8. The van der Waals surface area contributed by atoms with Crippen LogP contribution in [0.2, 0.25) is 14.8 Å². The second kappa shape index (κ2) is 5.94. The Morgan fingerprint density at radius 1 is 1.36 bits per heavy atom. The normalized spacial score (nSPS) is 13.8. The molecule has 0 saturated heterocycles. The number of hydrogen-bond donors (Lipinski definition) is 0. The number of allylic oxidation sites excluding steroid dienone is 1. The van der Waals surface area contributed by atoms with Crippen LogP contribution in [0.25, 0.3) is 0 Å². The number of rotatable bonds is 6. The van der Waals surface area contributed by atoms with Crippen molar-refractivity contribution in [3.8, 4) is 0 Å². The van der Waals surface area contributed by atoms with Gasteiger partial charge in [0.25, 0.3) is 0 Å². The molecule has 82 valence electrons. The average molecular weight is 303 g/mol. The molecule has 0 aliphatic rings. The molecule has 0 rings (SSSR count). The Morgan fingerprint density at radius 2 is 1.86 bits per heavy atom. The van der Waals surface area contributed by atoms with Crippen LogP contribution in [0.15, 0.2) is 10.2 Å². The van der Waals surface area contributed by atoms with Gasteiger partial charge in [-0.05, 0) is 0 Å². The first kappa shape index (κ1) is 14.2. The fourth-order valence-corrected chi connectivity index (χ4v) is 5.53. The van der Waals surface area contributed by atoms with Crippen molar-refractivity contribution in [1.82, 2.24) is 0 Å². The van der Waals surface area contributed by atoms with Gasteiger partial charge in [-0.2, -0.15) is 0 Å². The van der Waals surface area contributed by atoms with Crippen molar-refractivity contribution in [2.45, 2.75) is 47.9 Å². The molecular formula is C12H24OSn. The summed E-state index contributed by atoms with van der Waals surface area (Å²) in [6.07, 6.45) is 3.32. The summed E-state index contributed by atoms with van der Waals surface area (Å²) in [5.74, 6) is 0.473. The summed E-state index contributed by atoms with van der Waals surface area (Å²) in [4.78, 5) is 18.5. The molecule has 0 aliphatic heterocycles. The Morgan fingerprint density at radius 3 is 2.14 bits per heavy atom. The van der Waals surface area contributed by atoms with E-state index in [1.165, 1.54) is 3.59 Å². The number of Topliss-reactive ketones (excluding diaryl/α,β-unsaturated/α-hetero) is 1. The molecule has 0 aliphatic carbocycles. The van der Waals surface area contributed by atoms with Gasteiger partial charge in [0.2, 0.25) is 0 Å². The van der Waals surface area contributed by atoms with Gasteiger partial charge in [-0.25, -0.2) is 0 Å². The monoisotopic (exact) mass is 304 g/mol. The van der Waals surface area contributed by atoms with Crippen LogP contribution in [0, 0.1) is 5.92 Å². The maximum atomic E-state index is 11.5. The maximum absolute atomic E-state index is 11.5. The van der Waals surface area contributed by atoms with Crippen molar-refractivity contribution in [1.29, 1.82) is 0 Å². The summed E-state index contributed by atoms with van der Waals surface area (Å²) < 4.78 is 1.29. The molecule has 1 nitrogen and oxygen atoms in total. The van der Waals surface area contributed by atoms with Crippen LogP contribution >= 0.6 is 0 Å². The second-order valence-electron chi connectivity index (χ2n) is 5.08. The minimum atomic E-state index is -2.07. The van der Waals surface area contributed by atoms with Crippen LogP contribution in [0.3, 0.4) is 0 Å². The van der Waals surface area contributed by atoms with E-state index in [4.69, 9.17) is 0 Å². The SMILES string of the molecule is C=[C](C(CCCC)C(C)=O)[Sn]([CH3])([CH3])[CH3]. The molecule has 0 bridgehead atoms. The molecule has 14 heavy (non-hydrogen) atoms. The van der Waals surface area contributed by atoms with E-state index < -0.39 is 18.4 Å². The summed E-state index contributed by atoms with van der Waals surface area (Å²) >= 11 is -2.07. The Kier molecular flexibility index (Phi) is 6.03. The van der Waals surface area contributed by atoms with Gasteiger partial charge >= 0.3 is 93.0 Å². The van der Waals surface area contributed by atoms with E-state index in [9.17, 15) is 4.79 Å². The first-order valence-electron chi connectivity index (χ1n) is 5.50. The van der Waals surface area contributed by atoms with E-state index >= 15 is 0 Å². The molecule has 0 fully saturated rings. The molecule has 0 heterocycles. The molecule has 0 aromatic rings. The number of hydrogen-bond acceptors (Lipinski definition) is 1. The average Bonchev–Trinajstić information content (AvgIpc) is 2.02. The summed E-state index contributed by atoms with van der Waals surface area (Å²) in [5.41, 5.74) is 0. The van der Waals surface area contributed by atoms with Crippen molar-refractivity contribution in [2.75, 3.05) is 0 Å². The Bertz CT molecular complexity index is 213. The third-order valence-electron chi connectivity index (χ3n) is 2.72. The van der Waals surface area contributed by atoms with Crippen molar-refractivity contribution in [2.24, 2.45) is 5.92 Å². The quantitative estimate of drug-likeness (QED) is 0.682. The van der Waals surface area contributed by atoms with Crippen LogP contribution in [-0.4, -0.2) is 24.2 Å². The van der Waals surface area contributed by atoms with Crippen LogP contribution in [0.1, 0.15) is 33.1 Å². The van der Waals surface area contributed by atoms with E-state index in [1.54, 1.807) is 6.92 Å². The summed E-state index contributed by atoms with van der Waals surface area (Å²) in [5, 5.41) is 0. The molecule has 0 aromatic heterocycles. The molecule has 0 saturated carbocycles. The fourth-order valence-electron chi connectivity index (χ4n) is 1.55. The van der Waals surface area contributed by atoms with Gasteiger partial charge in [-0.3, -0.25) is 0 Å². The van der Waals surface area contributed by atoms with E-state index in [0.717, 1.165) is 19.3 Å². The van der Waals surface area contributed by atoms with Gasteiger partial charge in [-0.1, -0.05) is 0 Å². The third-order valence-corrected chi connectivity index (χ3v) is 9.21. The van der Waals surface area contributed by atoms with E-state index in [2.05, 4.69) is 28.3 Å². The van der Waals surface area contributed by atoms with E-state index in [0.29, 0.717) is 5.78 Å². The summed E-state index contributed by atoms with van der Waals surface area (Å²) in [7, 11) is 0. The van der Waals surface area contributed by atoms with Crippen LogP contribution in [-0.2, 0) is 4.79 Å². The van der Waals surface area contributed by atoms with E-state index in [1.807, 2.05) is 0 Å². The summed E-state index contributed by atoms with van der Waals surface area (Å²) in [6.45, 7) is 8.05. The van der Waals surface area contributed by atoms with Crippen molar-refractivity contribution < 1.29 is 4.79 Å². The van der Waals surface area contributed by atoms with Gasteiger partial charge in [0.15, 0.2) is 0 Å². The van der Waals surface area contributed by atoms with Gasteiger partial charge in [-0.15, -0.1) is 0 Å². The predicted molar refractivity (Wildman–Crippen MR) is 66.2 cm³/mol. The zero-order valence-electron chi connectivity index (χ0n) is 10.3. The Hall–Kier alpha value is 0.209. The zero-order chi connectivity index (χ0) is 11.4. The molecule has 1 atom stereocenters. The van der Waals surface area contributed by atoms with Gasteiger partial charge in [0, 0.05) is 0 Å². The Labute approximate surface area is 92.8 Å².